The summed E-state index contributed by atoms with van der Waals surface area (Å²) in [4.78, 5) is 11.8. The molecule has 2 N–H and O–H groups in total. The van der Waals surface area contributed by atoms with E-state index in [0.717, 1.165) is 37.3 Å². The van der Waals surface area contributed by atoms with Gasteiger partial charge in [-0.2, -0.15) is 0 Å². The van der Waals surface area contributed by atoms with Gasteiger partial charge in [0.1, 0.15) is 0 Å². The van der Waals surface area contributed by atoms with Crippen LogP contribution in [-0.2, 0) is 0 Å². The molecule has 0 unspecified atom stereocenters. The van der Waals surface area contributed by atoms with Crippen LogP contribution in [-0.4, -0.2) is 32.0 Å². The van der Waals surface area contributed by atoms with Crippen LogP contribution in [0.3, 0.4) is 0 Å². The van der Waals surface area contributed by atoms with Crippen molar-refractivity contribution in [3.63, 3.8) is 0 Å². The molecule has 0 aliphatic carbocycles. The van der Waals surface area contributed by atoms with E-state index in [1.807, 2.05) is 60.7 Å². The van der Waals surface area contributed by atoms with E-state index in [4.69, 9.17) is 0 Å². The van der Waals surface area contributed by atoms with E-state index in [9.17, 15) is 4.79 Å². The summed E-state index contributed by atoms with van der Waals surface area (Å²) in [7, 11) is 0. The largest absolute Gasteiger partial charge is 0.314 e. The Kier molecular flexibility index (Phi) is 5.96. The number of ketones is 1. The van der Waals surface area contributed by atoms with E-state index < -0.39 is 0 Å². The monoisotopic (exact) mass is 268 g/mol. The van der Waals surface area contributed by atoms with Crippen LogP contribution in [0.15, 0.2) is 60.7 Å². The van der Waals surface area contributed by atoms with Crippen LogP contribution in [0.4, 0.5) is 0 Å². The average Bonchev–Trinajstić information content (AvgIpc) is 2.58. The molecule has 0 amide bonds. The predicted molar refractivity (Wildman–Crippen MR) is 82.1 cm³/mol. The second-order valence-corrected chi connectivity index (χ2v) is 4.56. The number of benzene rings is 2. The second kappa shape index (κ2) is 8.25. The number of hydrogen-bond donors (Lipinski definition) is 2. The van der Waals surface area contributed by atoms with Gasteiger partial charge in [0.25, 0.3) is 0 Å². The number of piperazine rings is 1. The Morgan fingerprint density at radius 3 is 1.30 bits per heavy atom. The van der Waals surface area contributed by atoms with E-state index in [-0.39, 0.29) is 5.78 Å². The lowest BCUT2D eigenvalue weighted by atomic mass is 10.0. The van der Waals surface area contributed by atoms with Crippen molar-refractivity contribution >= 4 is 5.78 Å². The quantitative estimate of drug-likeness (QED) is 0.820. The summed E-state index contributed by atoms with van der Waals surface area (Å²) in [6.07, 6.45) is 0. The van der Waals surface area contributed by atoms with Crippen molar-refractivity contribution in [2.45, 2.75) is 0 Å². The fourth-order valence-corrected chi connectivity index (χ4v) is 1.95. The molecule has 3 rings (SSSR count). The van der Waals surface area contributed by atoms with Gasteiger partial charge in [0, 0.05) is 37.3 Å². The van der Waals surface area contributed by atoms with E-state index in [0.29, 0.717) is 0 Å². The van der Waals surface area contributed by atoms with Crippen molar-refractivity contribution in [2.24, 2.45) is 0 Å². The van der Waals surface area contributed by atoms with Crippen LogP contribution in [0.1, 0.15) is 15.9 Å². The molecule has 3 nitrogen and oxygen atoms in total. The smallest absolute Gasteiger partial charge is 0.193 e. The molecular formula is C17H20N2O. The van der Waals surface area contributed by atoms with Crippen LogP contribution in [0.25, 0.3) is 0 Å². The molecular weight excluding hydrogens is 248 g/mol. The Bertz CT molecular complexity index is 454. The van der Waals surface area contributed by atoms with Gasteiger partial charge in [0.15, 0.2) is 5.78 Å². The lowest BCUT2D eigenvalue weighted by molar-refractivity contribution is 0.103. The normalized spacial score (nSPS) is 14.0. The van der Waals surface area contributed by atoms with Crippen LogP contribution >= 0.6 is 0 Å². The van der Waals surface area contributed by atoms with E-state index in [1.165, 1.54) is 0 Å². The first-order valence-corrected chi connectivity index (χ1v) is 6.94. The molecule has 1 heterocycles. The Labute approximate surface area is 120 Å². The highest BCUT2D eigenvalue weighted by atomic mass is 16.1. The van der Waals surface area contributed by atoms with Crippen molar-refractivity contribution in [1.29, 1.82) is 0 Å². The maximum Gasteiger partial charge on any atom is 0.193 e. The summed E-state index contributed by atoms with van der Waals surface area (Å²) >= 11 is 0. The van der Waals surface area contributed by atoms with E-state index in [2.05, 4.69) is 10.6 Å². The number of carbonyl (C=O) groups excluding carboxylic acids is 1. The Hall–Kier alpha value is -1.97. The van der Waals surface area contributed by atoms with Gasteiger partial charge >= 0.3 is 0 Å². The van der Waals surface area contributed by atoms with Gasteiger partial charge < -0.3 is 10.6 Å². The van der Waals surface area contributed by atoms with Crippen LogP contribution < -0.4 is 10.6 Å². The third-order valence-corrected chi connectivity index (χ3v) is 3.03. The minimum atomic E-state index is 0.0752. The van der Waals surface area contributed by atoms with E-state index >= 15 is 0 Å². The summed E-state index contributed by atoms with van der Waals surface area (Å²) in [6.45, 7) is 4.56. The number of carbonyl (C=O) groups is 1. The summed E-state index contributed by atoms with van der Waals surface area (Å²) in [5, 5.41) is 6.44. The molecule has 20 heavy (non-hydrogen) atoms. The molecule has 1 fully saturated rings. The van der Waals surface area contributed by atoms with Crippen molar-refractivity contribution in [1.82, 2.24) is 10.6 Å². The lowest BCUT2D eigenvalue weighted by Gasteiger charge is -2.11. The zero-order valence-electron chi connectivity index (χ0n) is 11.5. The molecule has 0 atom stereocenters. The topological polar surface area (TPSA) is 41.1 Å². The number of nitrogens with one attached hydrogen (secondary N) is 2. The Morgan fingerprint density at radius 1 is 0.650 bits per heavy atom. The Balaban J connectivity index is 0.000000205. The van der Waals surface area contributed by atoms with Crippen molar-refractivity contribution in [3.8, 4) is 0 Å². The van der Waals surface area contributed by atoms with Gasteiger partial charge in [-0.15, -0.1) is 0 Å². The zero-order chi connectivity index (χ0) is 14.0. The van der Waals surface area contributed by atoms with Crippen LogP contribution in [0.5, 0.6) is 0 Å². The van der Waals surface area contributed by atoms with Gasteiger partial charge in [-0.25, -0.2) is 0 Å². The fraction of sp³-hybridized carbons (Fsp3) is 0.235. The standard InChI is InChI=1S/C13H10O.C4H10N2/c14-13(11-7-3-1-4-8-11)12-9-5-2-6-10-12;1-2-6-4-3-5-1/h1-10H;5-6H,1-4H2. The molecule has 0 saturated carbocycles. The maximum absolute atomic E-state index is 11.8. The first-order valence-electron chi connectivity index (χ1n) is 6.94. The summed E-state index contributed by atoms with van der Waals surface area (Å²) in [5.41, 5.74) is 1.47. The molecule has 2 aromatic carbocycles. The number of rotatable bonds is 2. The zero-order valence-corrected chi connectivity index (χ0v) is 11.5. The molecule has 1 aliphatic heterocycles. The average molecular weight is 268 g/mol. The van der Waals surface area contributed by atoms with Crippen LogP contribution in [0.2, 0.25) is 0 Å². The molecule has 1 aliphatic rings. The van der Waals surface area contributed by atoms with Crippen molar-refractivity contribution in [2.75, 3.05) is 26.2 Å². The van der Waals surface area contributed by atoms with Crippen molar-refractivity contribution < 1.29 is 4.79 Å². The van der Waals surface area contributed by atoms with Gasteiger partial charge in [-0.05, 0) is 0 Å². The second-order valence-electron chi connectivity index (χ2n) is 4.56. The molecule has 2 aromatic rings. The van der Waals surface area contributed by atoms with Gasteiger partial charge in [0.05, 0.1) is 0 Å². The maximum atomic E-state index is 11.8. The van der Waals surface area contributed by atoms with Gasteiger partial charge in [0.2, 0.25) is 0 Å². The molecule has 0 spiro atoms. The van der Waals surface area contributed by atoms with Crippen LogP contribution in [0, 0.1) is 0 Å². The van der Waals surface area contributed by atoms with Gasteiger partial charge in [-0.3, -0.25) is 4.79 Å². The van der Waals surface area contributed by atoms with Gasteiger partial charge in [-0.1, -0.05) is 60.7 Å². The Morgan fingerprint density at radius 2 is 1.00 bits per heavy atom. The summed E-state index contributed by atoms with van der Waals surface area (Å²) in [5.74, 6) is 0.0752. The summed E-state index contributed by atoms with van der Waals surface area (Å²) < 4.78 is 0. The minimum absolute atomic E-state index is 0.0752. The van der Waals surface area contributed by atoms with E-state index in [1.54, 1.807) is 0 Å². The highest BCUT2D eigenvalue weighted by Gasteiger charge is 2.06. The molecule has 0 radical (unpaired) electrons. The first-order chi connectivity index (χ1) is 9.88. The third kappa shape index (κ3) is 4.61. The fourth-order valence-electron chi connectivity index (χ4n) is 1.95. The molecule has 0 aromatic heterocycles. The summed E-state index contributed by atoms with van der Waals surface area (Å²) in [6, 6.07) is 18.6. The lowest BCUT2D eigenvalue weighted by Crippen LogP contribution is -2.39. The third-order valence-electron chi connectivity index (χ3n) is 3.03. The minimum Gasteiger partial charge on any atom is -0.314 e. The van der Waals surface area contributed by atoms with Crippen molar-refractivity contribution in [3.05, 3.63) is 71.8 Å². The first kappa shape index (κ1) is 14.4. The highest BCUT2D eigenvalue weighted by Crippen LogP contribution is 2.08. The molecule has 104 valence electrons. The molecule has 0 bridgehead atoms. The predicted octanol–water partition coefficient (Wildman–Crippen LogP) is 2.10. The SMILES string of the molecule is C1CNCCN1.O=C(c1ccccc1)c1ccccc1. The molecule has 3 heteroatoms. The highest BCUT2D eigenvalue weighted by molar-refractivity contribution is 6.08. The molecule has 1 saturated heterocycles. The number of hydrogen-bond acceptors (Lipinski definition) is 3.